The average molecular weight is 405 g/mol. The van der Waals surface area contributed by atoms with Crippen molar-refractivity contribution in [2.45, 2.75) is 38.8 Å². The Balaban J connectivity index is 1.41. The van der Waals surface area contributed by atoms with Crippen LogP contribution in [0.3, 0.4) is 0 Å². The van der Waals surface area contributed by atoms with Gasteiger partial charge in [-0.25, -0.2) is 4.98 Å². The van der Waals surface area contributed by atoms with Crippen molar-refractivity contribution in [2.75, 3.05) is 44.7 Å². The van der Waals surface area contributed by atoms with E-state index in [1.165, 1.54) is 29.8 Å². The van der Waals surface area contributed by atoms with Crippen molar-refractivity contribution in [1.29, 1.82) is 0 Å². The van der Waals surface area contributed by atoms with E-state index in [0.717, 1.165) is 62.5 Å². The van der Waals surface area contributed by atoms with Crippen LogP contribution in [-0.2, 0) is 13.0 Å². The normalized spacial score (nSPS) is 20.1. The molecule has 3 heterocycles. The van der Waals surface area contributed by atoms with Crippen LogP contribution in [0.25, 0.3) is 11.0 Å². The van der Waals surface area contributed by atoms with E-state index in [0.29, 0.717) is 6.04 Å². The first-order valence-corrected chi connectivity index (χ1v) is 11.3. The summed E-state index contributed by atoms with van der Waals surface area (Å²) >= 11 is 0. The number of hydrogen-bond donors (Lipinski definition) is 1. The molecule has 3 aromatic rings. The monoisotopic (exact) mass is 404 g/mol. The van der Waals surface area contributed by atoms with Gasteiger partial charge in [0.25, 0.3) is 0 Å². The Morgan fingerprint density at radius 1 is 1.13 bits per heavy atom. The summed E-state index contributed by atoms with van der Waals surface area (Å²) in [7, 11) is 2.20. The van der Waals surface area contributed by atoms with Gasteiger partial charge >= 0.3 is 0 Å². The van der Waals surface area contributed by atoms with Gasteiger partial charge in [-0.3, -0.25) is 9.88 Å². The van der Waals surface area contributed by atoms with Crippen molar-refractivity contribution in [2.24, 2.45) is 0 Å². The van der Waals surface area contributed by atoms with Gasteiger partial charge in [0.05, 0.1) is 29.5 Å². The molecule has 2 aromatic heterocycles. The molecule has 0 bridgehead atoms. The van der Waals surface area contributed by atoms with Crippen LogP contribution in [0.1, 0.15) is 42.9 Å². The first-order chi connectivity index (χ1) is 14.7. The molecule has 0 amide bonds. The molecule has 0 spiro atoms. The maximum atomic E-state index is 5.07. The summed E-state index contributed by atoms with van der Waals surface area (Å²) in [5.74, 6) is 1.05. The first kappa shape index (κ1) is 19.5. The number of aromatic amines is 1. The molecule has 30 heavy (non-hydrogen) atoms. The Morgan fingerprint density at radius 2 is 2.00 bits per heavy atom. The fraction of sp³-hybridized carbons (Fsp3) is 0.500. The van der Waals surface area contributed by atoms with Gasteiger partial charge in [-0.1, -0.05) is 19.1 Å². The lowest BCUT2D eigenvalue weighted by atomic mass is 9.91. The SMILES string of the molecule is CCN(Cc1nc2c(N3CCN(C)CC3)cccc2[nH]1)[C@@H]1CCCc2cccnc21. The predicted molar refractivity (Wildman–Crippen MR) is 122 cm³/mol. The molecule has 1 saturated heterocycles. The Bertz CT molecular complexity index is 1000. The van der Waals surface area contributed by atoms with Crippen LogP contribution in [0.5, 0.6) is 0 Å². The third-order valence-electron chi connectivity index (χ3n) is 6.75. The molecule has 6 heteroatoms. The van der Waals surface area contributed by atoms with Gasteiger partial charge in [0.15, 0.2) is 0 Å². The largest absolute Gasteiger partial charge is 0.367 e. The van der Waals surface area contributed by atoms with Crippen LogP contribution in [-0.4, -0.2) is 64.5 Å². The zero-order valence-electron chi connectivity index (χ0n) is 18.1. The molecule has 5 rings (SSSR count). The highest BCUT2D eigenvalue weighted by molar-refractivity contribution is 5.89. The molecule has 1 N–H and O–H groups in total. The number of aryl methyl sites for hydroxylation is 1. The Hall–Kier alpha value is -2.44. The summed E-state index contributed by atoms with van der Waals surface area (Å²) in [5, 5.41) is 0. The molecule has 1 fully saturated rings. The average Bonchev–Trinajstić information content (AvgIpc) is 3.20. The van der Waals surface area contributed by atoms with E-state index in [4.69, 9.17) is 9.97 Å². The van der Waals surface area contributed by atoms with Crippen molar-refractivity contribution in [3.05, 3.63) is 53.6 Å². The van der Waals surface area contributed by atoms with Crippen molar-refractivity contribution in [1.82, 2.24) is 24.8 Å². The number of nitrogens with one attached hydrogen (secondary N) is 1. The number of rotatable bonds is 5. The van der Waals surface area contributed by atoms with E-state index in [1.807, 2.05) is 6.20 Å². The number of anilines is 1. The highest BCUT2D eigenvalue weighted by atomic mass is 15.3. The number of pyridine rings is 1. The van der Waals surface area contributed by atoms with Crippen LogP contribution in [0.15, 0.2) is 36.5 Å². The summed E-state index contributed by atoms with van der Waals surface area (Å²) in [5.41, 5.74) is 6.18. The van der Waals surface area contributed by atoms with Crippen LogP contribution in [0.4, 0.5) is 5.69 Å². The van der Waals surface area contributed by atoms with E-state index in [-0.39, 0.29) is 0 Å². The third kappa shape index (κ3) is 3.70. The second-order valence-electron chi connectivity index (χ2n) is 8.67. The zero-order chi connectivity index (χ0) is 20.5. The summed E-state index contributed by atoms with van der Waals surface area (Å²) in [4.78, 5) is 20.8. The number of aromatic nitrogens is 3. The molecule has 1 aliphatic heterocycles. The molecule has 0 unspecified atom stereocenters. The van der Waals surface area contributed by atoms with Crippen molar-refractivity contribution in [3.8, 4) is 0 Å². The Labute approximate surface area is 178 Å². The van der Waals surface area contributed by atoms with E-state index in [2.05, 4.69) is 64.0 Å². The second kappa shape index (κ2) is 8.36. The molecule has 1 atom stereocenters. The maximum absolute atomic E-state index is 5.07. The number of likely N-dealkylation sites (N-methyl/N-ethyl adjacent to an activating group) is 1. The van der Waals surface area contributed by atoms with E-state index in [1.54, 1.807) is 0 Å². The lowest BCUT2D eigenvalue weighted by Crippen LogP contribution is -2.44. The number of imidazole rings is 1. The predicted octanol–water partition coefficient (Wildman–Crippen LogP) is 3.61. The fourth-order valence-corrected chi connectivity index (χ4v) is 5.02. The lowest BCUT2D eigenvalue weighted by molar-refractivity contribution is 0.171. The third-order valence-corrected chi connectivity index (χ3v) is 6.75. The second-order valence-corrected chi connectivity index (χ2v) is 8.67. The number of benzene rings is 1. The highest BCUT2D eigenvalue weighted by Crippen LogP contribution is 2.34. The number of hydrogen-bond acceptors (Lipinski definition) is 5. The zero-order valence-corrected chi connectivity index (χ0v) is 18.1. The quantitative estimate of drug-likeness (QED) is 0.704. The molecule has 1 aromatic carbocycles. The Kier molecular flexibility index (Phi) is 5.44. The van der Waals surface area contributed by atoms with Crippen LogP contribution < -0.4 is 4.90 Å². The fourth-order valence-electron chi connectivity index (χ4n) is 5.02. The summed E-state index contributed by atoms with van der Waals surface area (Å²) in [6, 6.07) is 11.2. The van der Waals surface area contributed by atoms with Gasteiger partial charge in [0, 0.05) is 32.4 Å². The molecule has 0 saturated carbocycles. The molecular weight excluding hydrogens is 372 g/mol. The number of fused-ring (bicyclic) bond motifs is 2. The van der Waals surface area contributed by atoms with Gasteiger partial charge in [0.2, 0.25) is 0 Å². The van der Waals surface area contributed by atoms with Crippen LogP contribution in [0.2, 0.25) is 0 Å². The summed E-state index contributed by atoms with van der Waals surface area (Å²) < 4.78 is 0. The van der Waals surface area contributed by atoms with E-state index < -0.39 is 0 Å². The molecule has 158 valence electrons. The lowest BCUT2D eigenvalue weighted by Gasteiger charge is -2.34. The van der Waals surface area contributed by atoms with Gasteiger partial charge in [-0.2, -0.15) is 0 Å². The standard InChI is InChI=1S/C24H32N6/c1-3-29(20-10-4-7-18-8-6-12-25-23(18)20)17-22-26-19-9-5-11-21(24(19)27-22)30-15-13-28(2)14-16-30/h5-6,8-9,11-12,20H,3-4,7,10,13-17H2,1-2H3,(H,26,27)/t20-/m1/s1. The van der Waals surface area contributed by atoms with Gasteiger partial charge in [0.1, 0.15) is 11.3 Å². The van der Waals surface area contributed by atoms with E-state index >= 15 is 0 Å². The smallest absolute Gasteiger partial charge is 0.121 e. The molecule has 2 aliphatic rings. The topological polar surface area (TPSA) is 51.3 Å². The number of piperazine rings is 1. The molecular formula is C24H32N6. The number of H-pyrrole nitrogens is 1. The van der Waals surface area contributed by atoms with E-state index in [9.17, 15) is 0 Å². The number of nitrogens with zero attached hydrogens (tertiary/aromatic N) is 5. The molecule has 0 radical (unpaired) electrons. The Morgan fingerprint density at radius 3 is 2.83 bits per heavy atom. The van der Waals surface area contributed by atoms with Crippen molar-refractivity contribution >= 4 is 16.7 Å². The van der Waals surface area contributed by atoms with Gasteiger partial charge < -0.3 is 14.8 Å². The van der Waals surface area contributed by atoms with Crippen molar-refractivity contribution in [3.63, 3.8) is 0 Å². The number of para-hydroxylation sites is 1. The van der Waals surface area contributed by atoms with Crippen LogP contribution in [0, 0.1) is 0 Å². The molecule has 1 aliphatic carbocycles. The van der Waals surface area contributed by atoms with Gasteiger partial charge in [-0.05, 0) is 56.6 Å². The maximum Gasteiger partial charge on any atom is 0.121 e. The highest BCUT2D eigenvalue weighted by Gasteiger charge is 2.27. The minimum Gasteiger partial charge on any atom is -0.367 e. The summed E-state index contributed by atoms with van der Waals surface area (Å²) in [6.45, 7) is 8.39. The van der Waals surface area contributed by atoms with Gasteiger partial charge in [-0.15, -0.1) is 0 Å². The minimum absolute atomic E-state index is 0.380. The summed E-state index contributed by atoms with van der Waals surface area (Å²) in [6.07, 6.45) is 5.49. The minimum atomic E-state index is 0.380. The first-order valence-electron chi connectivity index (χ1n) is 11.3. The van der Waals surface area contributed by atoms with Crippen LogP contribution >= 0.6 is 0 Å². The molecule has 6 nitrogen and oxygen atoms in total. The van der Waals surface area contributed by atoms with Crippen molar-refractivity contribution < 1.29 is 0 Å².